The number of carbonyl (C=O) groups is 1. The van der Waals surface area contributed by atoms with E-state index >= 15 is 0 Å². The van der Waals surface area contributed by atoms with Crippen molar-refractivity contribution < 1.29 is 4.79 Å². The van der Waals surface area contributed by atoms with Crippen molar-refractivity contribution in [3.63, 3.8) is 0 Å². The van der Waals surface area contributed by atoms with Gasteiger partial charge in [-0.05, 0) is 44.7 Å². The average molecular weight is 332 g/mol. The summed E-state index contributed by atoms with van der Waals surface area (Å²) in [7, 11) is 0. The zero-order chi connectivity index (χ0) is 17.4. The molecule has 3 N–H and O–H groups in total. The second-order valence-corrected chi connectivity index (χ2v) is 7.04. The van der Waals surface area contributed by atoms with Crippen LogP contribution in [0.25, 0.3) is 0 Å². The summed E-state index contributed by atoms with van der Waals surface area (Å²) in [6.07, 6.45) is 4.87. The molecule has 1 aromatic rings. The fraction of sp³-hybridized carbons (Fsp3) is 0.650. The molecule has 0 saturated carbocycles. The van der Waals surface area contributed by atoms with Crippen LogP contribution in [0.2, 0.25) is 0 Å². The molecule has 1 fully saturated rings. The summed E-state index contributed by atoms with van der Waals surface area (Å²) >= 11 is 0. The first kappa shape index (κ1) is 18.9. The van der Waals surface area contributed by atoms with Crippen LogP contribution in [-0.4, -0.2) is 30.6 Å². The predicted octanol–water partition coefficient (Wildman–Crippen LogP) is 3.15. The van der Waals surface area contributed by atoms with Gasteiger partial charge in [0.25, 0.3) is 0 Å². The van der Waals surface area contributed by atoms with Gasteiger partial charge in [-0.1, -0.05) is 44.2 Å². The van der Waals surface area contributed by atoms with Gasteiger partial charge in [0.05, 0.1) is 0 Å². The summed E-state index contributed by atoms with van der Waals surface area (Å²) in [5.41, 5.74) is 1.22. The highest BCUT2D eigenvalue weighted by atomic mass is 16.1. The molecule has 1 amide bonds. The third-order valence-electron chi connectivity index (χ3n) is 5.39. The SMILES string of the molecule is CCC(CC)(CNC(=O)CC1CCCN1)NC(C)c1ccccc1. The molecule has 4 heteroatoms. The summed E-state index contributed by atoms with van der Waals surface area (Å²) in [5, 5.41) is 10.3. The molecule has 2 unspecified atom stereocenters. The molecule has 1 aromatic carbocycles. The first-order chi connectivity index (χ1) is 11.6. The molecule has 24 heavy (non-hydrogen) atoms. The van der Waals surface area contributed by atoms with E-state index in [2.05, 4.69) is 61.0 Å². The van der Waals surface area contributed by atoms with Crippen LogP contribution >= 0.6 is 0 Å². The van der Waals surface area contributed by atoms with Gasteiger partial charge in [0, 0.05) is 30.6 Å². The Morgan fingerprint density at radius 3 is 2.58 bits per heavy atom. The quantitative estimate of drug-likeness (QED) is 0.651. The number of amides is 1. The van der Waals surface area contributed by atoms with Crippen molar-refractivity contribution in [3.05, 3.63) is 35.9 Å². The van der Waals surface area contributed by atoms with E-state index in [-0.39, 0.29) is 17.5 Å². The topological polar surface area (TPSA) is 53.2 Å². The normalized spacial score (nSPS) is 19.2. The minimum atomic E-state index is -0.0615. The number of hydrogen-bond acceptors (Lipinski definition) is 3. The van der Waals surface area contributed by atoms with Crippen LogP contribution in [0.15, 0.2) is 30.3 Å². The molecule has 1 aliphatic rings. The summed E-state index contributed by atoms with van der Waals surface area (Å²) in [6.45, 7) is 8.31. The van der Waals surface area contributed by atoms with Gasteiger partial charge in [0.1, 0.15) is 0 Å². The monoisotopic (exact) mass is 331 g/mol. The van der Waals surface area contributed by atoms with Crippen molar-refractivity contribution in [2.75, 3.05) is 13.1 Å². The lowest BCUT2D eigenvalue weighted by Gasteiger charge is -2.36. The van der Waals surface area contributed by atoms with Gasteiger partial charge in [-0.2, -0.15) is 0 Å². The van der Waals surface area contributed by atoms with Gasteiger partial charge < -0.3 is 16.0 Å². The molecule has 1 heterocycles. The number of rotatable bonds is 9. The second kappa shape index (κ2) is 9.19. The third kappa shape index (κ3) is 5.32. The lowest BCUT2D eigenvalue weighted by Crippen LogP contribution is -2.53. The highest BCUT2D eigenvalue weighted by Crippen LogP contribution is 2.21. The van der Waals surface area contributed by atoms with Crippen LogP contribution in [0.1, 0.15) is 64.5 Å². The maximum atomic E-state index is 12.3. The number of hydrogen-bond donors (Lipinski definition) is 3. The summed E-state index contributed by atoms with van der Waals surface area (Å²) in [4.78, 5) is 12.3. The highest BCUT2D eigenvalue weighted by molar-refractivity contribution is 5.76. The molecular formula is C20H33N3O. The number of carbonyl (C=O) groups excluding carboxylic acids is 1. The molecule has 1 aliphatic heterocycles. The molecule has 1 saturated heterocycles. The summed E-state index contributed by atoms with van der Waals surface area (Å²) < 4.78 is 0. The number of benzene rings is 1. The van der Waals surface area contributed by atoms with Crippen LogP contribution in [0.5, 0.6) is 0 Å². The Bertz CT molecular complexity index is 493. The standard InChI is InChI=1S/C20H33N3O/c1-4-20(5-2,23-16(3)17-10-7-6-8-11-17)15-22-19(24)14-18-12-9-13-21-18/h6-8,10-11,16,18,21,23H,4-5,9,12-15H2,1-3H3,(H,22,24). The van der Waals surface area contributed by atoms with Crippen molar-refractivity contribution in [2.45, 2.75) is 70.5 Å². The maximum Gasteiger partial charge on any atom is 0.221 e. The van der Waals surface area contributed by atoms with Crippen LogP contribution in [-0.2, 0) is 4.79 Å². The van der Waals surface area contributed by atoms with E-state index in [1.54, 1.807) is 0 Å². The van der Waals surface area contributed by atoms with Crippen LogP contribution < -0.4 is 16.0 Å². The zero-order valence-corrected chi connectivity index (χ0v) is 15.4. The van der Waals surface area contributed by atoms with Gasteiger partial charge in [-0.15, -0.1) is 0 Å². The van der Waals surface area contributed by atoms with Crippen molar-refractivity contribution in [2.24, 2.45) is 0 Å². The van der Waals surface area contributed by atoms with Crippen molar-refractivity contribution >= 4 is 5.91 Å². The van der Waals surface area contributed by atoms with E-state index in [9.17, 15) is 4.79 Å². The Morgan fingerprint density at radius 2 is 2.00 bits per heavy atom. The maximum absolute atomic E-state index is 12.3. The van der Waals surface area contributed by atoms with E-state index in [0.717, 1.165) is 25.8 Å². The molecular weight excluding hydrogens is 298 g/mol. The predicted molar refractivity (Wildman–Crippen MR) is 100.0 cm³/mol. The third-order valence-corrected chi connectivity index (χ3v) is 5.39. The first-order valence-electron chi connectivity index (χ1n) is 9.41. The average Bonchev–Trinajstić information content (AvgIpc) is 3.12. The minimum Gasteiger partial charge on any atom is -0.354 e. The molecule has 0 aromatic heterocycles. The smallest absolute Gasteiger partial charge is 0.221 e. The lowest BCUT2D eigenvalue weighted by molar-refractivity contribution is -0.121. The van der Waals surface area contributed by atoms with Crippen molar-refractivity contribution in [1.82, 2.24) is 16.0 Å². The summed E-state index contributed by atoms with van der Waals surface area (Å²) in [6, 6.07) is 11.1. The van der Waals surface area contributed by atoms with E-state index in [1.807, 2.05) is 6.07 Å². The largest absolute Gasteiger partial charge is 0.354 e. The highest BCUT2D eigenvalue weighted by Gasteiger charge is 2.29. The minimum absolute atomic E-state index is 0.0615. The molecule has 134 valence electrons. The molecule has 2 rings (SSSR count). The van der Waals surface area contributed by atoms with E-state index in [0.29, 0.717) is 19.0 Å². The van der Waals surface area contributed by atoms with Gasteiger partial charge in [-0.25, -0.2) is 0 Å². The van der Waals surface area contributed by atoms with Crippen molar-refractivity contribution in [1.29, 1.82) is 0 Å². The molecule has 0 bridgehead atoms. The van der Waals surface area contributed by atoms with Gasteiger partial charge in [-0.3, -0.25) is 4.79 Å². The molecule has 2 atom stereocenters. The number of nitrogens with one attached hydrogen (secondary N) is 3. The zero-order valence-electron chi connectivity index (χ0n) is 15.4. The Hall–Kier alpha value is -1.39. The molecule has 0 spiro atoms. The van der Waals surface area contributed by atoms with Crippen LogP contribution in [0.4, 0.5) is 0 Å². The fourth-order valence-corrected chi connectivity index (χ4v) is 3.53. The first-order valence-corrected chi connectivity index (χ1v) is 9.41. The van der Waals surface area contributed by atoms with Gasteiger partial charge in [0.2, 0.25) is 5.91 Å². The summed E-state index contributed by atoms with van der Waals surface area (Å²) in [5.74, 6) is 0.162. The van der Waals surface area contributed by atoms with E-state index in [4.69, 9.17) is 0 Å². The lowest BCUT2D eigenvalue weighted by atomic mass is 9.90. The molecule has 0 radical (unpaired) electrons. The van der Waals surface area contributed by atoms with Crippen molar-refractivity contribution in [3.8, 4) is 0 Å². The Kier molecular flexibility index (Phi) is 7.25. The van der Waals surface area contributed by atoms with Crippen LogP contribution in [0.3, 0.4) is 0 Å². The second-order valence-electron chi connectivity index (χ2n) is 7.04. The molecule has 4 nitrogen and oxygen atoms in total. The van der Waals surface area contributed by atoms with E-state index in [1.165, 1.54) is 12.0 Å². The van der Waals surface area contributed by atoms with Gasteiger partial charge >= 0.3 is 0 Å². The van der Waals surface area contributed by atoms with E-state index < -0.39 is 0 Å². The van der Waals surface area contributed by atoms with Crippen LogP contribution in [0, 0.1) is 0 Å². The molecule has 0 aliphatic carbocycles. The van der Waals surface area contributed by atoms with Gasteiger partial charge in [0.15, 0.2) is 0 Å². The Morgan fingerprint density at radius 1 is 1.29 bits per heavy atom. The Balaban J connectivity index is 1.90. The fourth-order valence-electron chi connectivity index (χ4n) is 3.53. The Labute approximate surface area is 146 Å².